The second-order valence-electron chi connectivity index (χ2n) is 6.27. The van der Waals surface area contributed by atoms with Crippen LogP contribution in [0.1, 0.15) is 57.4 Å². The fourth-order valence-electron chi connectivity index (χ4n) is 3.23. The van der Waals surface area contributed by atoms with Crippen molar-refractivity contribution in [3.05, 3.63) is 34.9 Å². The number of benzene rings is 1. The number of hydrogen-bond acceptors (Lipinski definition) is 4. The number of hydrogen-bond donors (Lipinski definition) is 1. The number of halogens is 2. The van der Waals surface area contributed by atoms with E-state index in [1.807, 2.05) is 31.2 Å². The van der Waals surface area contributed by atoms with Crippen LogP contribution in [0.4, 0.5) is 0 Å². The van der Waals surface area contributed by atoms with E-state index in [0.29, 0.717) is 37.4 Å². The normalized spacial score (nSPS) is 20.0. The van der Waals surface area contributed by atoms with Crippen molar-refractivity contribution in [1.82, 2.24) is 5.32 Å². The molecule has 25 heavy (non-hydrogen) atoms. The molecule has 4 nitrogen and oxygen atoms in total. The fraction of sp³-hybridized carbons (Fsp3) is 0.579. The summed E-state index contributed by atoms with van der Waals surface area (Å²) >= 11 is 6.37. The number of ether oxygens (including phenoxy) is 1. The zero-order valence-corrected chi connectivity index (χ0v) is 16.3. The van der Waals surface area contributed by atoms with Crippen molar-refractivity contribution >= 4 is 35.8 Å². The van der Waals surface area contributed by atoms with Gasteiger partial charge < -0.3 is 10.1 Å². The topological polar surface area (TPSA) is 55.4 Å². The molecule has 0 spiro atoms. The molecule has 140 valence electrons. The molecule has 0 bridgehead atoms. The Balaban J connectivity index is 0.00000312. The van der Waals surface area contributed by atoms with Gasteiger partial charge in [-0.2, -0.15) is 0 Å². The minimum atomic E-state index is -0.718. The van der Waals surface area contributed by atoms with E-state index in [-0.39, 0.29) is 24.2 Å². The van der Waals surface area contributed by atoms with Gasteiger partial charge in [-0.25, -0.2) is 0 Å². The first-order valence-electron chi connectivity index (χ1n) is 8.79. The predicted octanol–water partition coefficient (Wildman–Crippen LogP) is 4.42. The molecular formula is C19H27Cl2NO3. The molecule has 2 rings (SSSR count). The van der Waals surface area contributed by atoms with Gasteiger partial charge in [-0.05, 0) is 43.9 Å². The monoisotopic (exact) mass is 387 g/mol. The number of rotatable bonds is 8. The molecule has 1 aromatic carbocycles. The van der Waals surface area contributed by atoms with Gasteiger partial charge in [0.05, 0.1) is 6.61 Å². The lowest BCUT2D eigenvalue weighted by Crippen LogP contribution is -2.51. The van der Waals surface area contributed by atoms with Gasteiger partial charge in [0.15, 0.2) is 5.78 Å². The van der Waals surface area contributed by atoms with E-state index in [9.17, 15) is 9.59 Å². The molecular weight excluding hydrogens is 361 g/mol. The summed E-state index contributed by atoms with van der Waals surface area (Å²) in [7, 11) is 0. The number of esters is 1. The van der Waals surface area contributed by atoms with Gasteiger partial charge >= 0.3 is 5.97 Å². The molecule has 1 unspecified atom stereocenters. The molecule has 1 aliphatic carbocycles. The molecule has 1 fully saturated rings. The SMILES string of the molecule is CCCOC(=O)CCCNC1(c2ccccc2Cl)CCCCC1=O.Cl. The first-order valence-corrected chi connectivity index (χ1v) is 9.17. The zero-order chi connectivity index (χ0) is 17.4. The molecule has 1 atom stereocenters. The van der Waals surface area contributed by atoms with Gasteiger partial charge in [-0.15, -0.1) is 12.4 Å². The molecule has 0 radical (unpaired) electrons. The maximum absolute atomic E-state index is 12.7. The van der Waals surface area contributed by atoms with Gasteiger partial charge in [-0.3, -0.25) is 9.59 Å². The average Bonchev–Trinajstić information content (AvgIpc) is 2.59. The van der Waals surface area contributed by atoms with Crippen LogP contribution in [0.2, 0.25) is 5.02 Å². The Hall–Kier alpha value is -1.10. The second kappa shape index (κ2) is 10.8. The van der Waals surface area contributed by atoms with Crippen LogP contribution in [0.25, 0.3) is 0 Å². The van der Waals surface area contributed by atoms with Crippen LogP contribution in [0.3, 0.4) is 0 Å². The molecule has 1 N–H and O–H groups in total. The molecule has 1 aromatic rings. The van der Waals surface area contributed by atoms with Gasteiger partial charge in [0.1, 0.15) is 5.54 Å². The second-order valence-corrected chi connectivity index (χ2v) is 6.67. The Morgan fingerprint density at radius 3 is 2.76 bits per heavy atom. The van der Waals surface area contributed by atoms with Crippen molar-refractivity contribution in [2.45, 2.75) is 57.4 Å². The average molecular weight is 388 g/mol. The Kier molecular flexibility index (Phi) is 9.47. The van der Waals surface area contributed by atoms with Crippen molar-refractivity contribution in [2.75, 3.05) is 13.2 Å². The highest BCUT2D eigenvalue weighted by atomic mass is 35.5. The molecule has 0 amide bonds. The summed E-state index contributed by atoms with van der Waals surface area (Å²) in [6.07, 6.45) is 5.06. The number of carbonyl (C=O) groups excluding carboxylic acids is 2. The number of ketones is 1. The van der Waals surface area contributed by atoms with E-state index in [1.54, 1.807) is 0 Å². The molecule has 1 aliphatic rings. The van der Waals surface area contributed by atoms with Crippen molar-refractivity contribution in [2.24, 2.45) is 0 Å². The van der Waals surface area contributed by atoms with Crippen molar-refractivity contribution in [1.29, 1.82) is 0 Å². The van der Waals surface area contributed by atoms with Crippen molar-refractivity contribution in [3.63, 3.8) is 0 Å². The smallest absolute Gasteiger partial charge is 0.305 e. The van der Waals surface area contributed by atoms with E-state index in [4.69, 9.17) is 16.3 Å². The van der Waals surface area contributed by atoms with E-state index >= 15 is 0 Å². The first-order chi connectivity index (χ1) is 11.6. The van der Waals surface area contributed by atoms with Crippen LogP contribution in [0.15, 0.2) is 24.3 Å². The first kappa shape index (κ1) is 21.9. The standard InChI is InChI=1S/C19H26ClNO3.ClH/c1-2-14-24-18(23)11-7-13-21-19(12-6-5-10-17(19)22)15-8-3-4-9-16(15)20;/h3-4,8-9,21H,2,5-7,10-14H2,1H3;1H. The van der Waals surface area contributed by atoms with Gasteiger partial charge in [0, 0.05) is 17.9 Å². The van der Waals surface area contributed by atoms with Crippen LogP contribution in [-0.2, 0) is 19.9 Å². The maximum Gasteiger partial charge on any atom is 0.305 e. The Labute approximate surface area is 161 Å². The predicted molar refractivity (Wildman–Crippen MR) is 102 cm³/mol. The summed E-state index contributed by atoms with van der Waals surface area (Å²) in [5, 5.41) is 4.03. The van der Waals surface area contributed by atoms with Crippen molar-refractivity contribution in [3.8, 4) is 0 Å². The molecule has 0 saturated heterocycles. The molecule has 0 heterocycles. The Bertz CT molecular complexity index is 580. The van der Waals surface area contributed by atoms with Crippen molar-refractivity contribution < 1.29 is 14.3 Å². The lowest BCUT2D eigenvalue weighted by Gasteiger charge is -2.38. The van der Waals surface area contributed by atoms with Crippen LogP contribution >= 0.6 is 24.0 Å². The maximum atomic E-state index is 12.7. The summed E-state index contributed by atoms with van der Waals surface area (Å²) < 4.78 is 5.08. The molecule has 0 aromatic heterocycles. The minimum absolute atomic E-state index is 0. The van der Waals surface area contributed by atoms with E-state index in [1.165, 1.54) is 0 Å². The third-order valence-electron chi connectivity index (χ3n) is 4.47. The van der Waals surface area contributed by atoms with Gasteiger partial charge in [0.2, 0.25) is 0 Å². The highest BCUT2D eigenvalue weighted by Crippen LogP contribution is 2.37. The van der Waals surface area contributed by atoms with E-state index in [2.05, 4.69) is 5.32 Å². The summed E-state index contributed by atoms with van der Waals surface area (Å²) in [6, 6.07) is 7.53. The summed E-state index contributed by atoms with van der Waals surface area (Å²) in [5.41, 5.74) is 0.133. The summed E-state index contributed by atoms with van der Waals surface area (Å²) in [6.45, 7) is 3.02. The van der Waals surface area contributed by atoms with Crippen LogP contribution in [0.5, 0.6) is 0 Å². The minimum Gasteiger partial charge on any atom is -0.466 e. The van der Waals surface area contributed by atoms with E-state index in [0.717, 1.165) is 31.2 Å². The fourth-order valence-corrected chi connectivity index (χ4v) is 3.52. The quantitative estimate of drug-likeness (QED) is 0.529. The molecule has 6 heteroatoms. The number of Topliss-reactive ketones (excluding diaryl/α,β-unsaturated/α-hetero) is 1. The lowest BCUT2D eigenvalue weighted by molar-refractivity contribution is -0.143. The Morgan fingerprint density at radius 2 is 2.08 bits per heavy atom. The summed E-state index contributed by atoms with van der Waals surface area (Å²) in [4.78, 5) is 24.3. The Morgan fingerprint density at radius 1 is 1.32 bits per heavy atom. The largest absolute Gasteiger partial charge is 0.466 e. The van der Waals surface area contributed by atoms with Gasteiger partial charge in [0.25, 0.3) is 0 Å². The number of nitrogens with one attached hydrogen (secondary N) is 1. The third-order valence-corrected chi connectivity index (χ3v) is 4.80. The van der Waals surface area contributed by atoms with Gasteiger partial charge in [-0.1, -0.05) is 43.1 Å². The highest BCUT2D eigenvalue weighted by molar-refractivity contribution is 6.31. The van der Waals surface area contributed by atoms with Crippen LogP contribution in [0, 0.1) is 0 Å². The van der Waals surface area contributed by atoms with E-state index < -0.39 is 5.54 Å². The highest BCUT2D eigenvalue weighted by Gasteiger charge is 2.41. The zero-order valence-electron chi connectivity index (χ0n) is 14.7. The lowest BCUT2D eigenvalue weighted by atomic mass is 9.75. The summed E-state index contributed by atoms with van der Waals surface area (Å²) in [5.74, 6) is 0.0100. The molecule has 1 saturated carbocycles. The van der Waals surface area contributed by atoms with Crippen LogP contribution in [-0.4, -0.2) is 24.9 Å². The number of carbonyl (C=O) groups is 2. The third kappa shape index (κ3) is 5.70. The molecule has 0 aliphatic heterocycles. The van der Waals surface area contributed by atoms with Crippen LogP contribution < -0.4 is 5.32 Å².